The summed E-state index contributed by atoms with van der Waals surface area (Å²) in [4.78, 5) is 2.26. The molecule has 1 aromatic rings. The van der Waals surface area contributed by atoms with Gasteiger partial charge in [0.05, 0.1) is 0 Å². The highest BCUT2D eigenvalue weighted by Gasteiger charge is 2.06. The average molecular weight is 236 g/mol. The SMILES string of the molecule is CCC(N)c1ccc(N(CC)CCCO)cc1. The van der Waals surface area contributed by atoms with Gasteiger partial charge in [-0.25, -0.2) is 0 Å². The van der Waals surface area contributed by atoms with Gasteiger partial charge < -0.3 is 15.7 Å². The molecule has 1 rings (SSSR count). The number of nitrogens with two attached hydrogens (primary N) is 1. The Morgan fingerprint density at radius 2 is 1.88 bits per heavy atom. The number of benzene rings is 1. The van der Waals surface area contributed by atoms with Gasteiger partial charge in [0.2, 0.25) is 0 Å². The highest BCUT2D eigenvalue weighted by molar-refractivity contribution is 5.47. The minimum absolute atomic E-state index is 0.136. The van der Waals surface area contributed by atoms with Crippen LogP contribution in [0.5, 0.6) is 0 Å². The Balaban J connectivity index is 2.70. The number of aliphatic hydroxyl groups excluding tert-OH is 1. The lowest BCUT2D eigenvalue weighted by Crippen LogP contribution is -2.24. The van der Waals surface area contributed by atoms with Gasteiger partial charge in [-0.15, -0.1) is 0 Å². The number of hydrogen-bond acceptors (Lipinski definition) is 3. The number of hydrogen-bond donors (Lipinski definition) is 2. The Labute approximate surface area is 104 Å². The predicted molar refractivity (Wildman–Crippen MR) is 73.3 cm³/mol. The maximum absolute atomic E-state index is 8.86. The van der Waals surface area contributed by atoms with Crippen LogP contribution in [0.2, 0.25) is 0 Å². The van der Waals surface area contributed by atoms with E-state index in [1.165, 1.54) is 11.3 Å². The third-order valence-electron chi connectivity index (χ3n) is 3.09. The molecule has 0 radical (unpaired) electrons. The van der Waals surface area contributed by atoms with E-state index in [1.807, 2.05) is 0 Å². The van der Waals surface area contributed by atoms with Gasteiger partial charge in [0.1, 0.15) is 0 Å². The summed E-state index contributed by atoms with van der Waals surface area (Å²) in [6.45, 7) is 6.32. The Morgan fingerprint density at radius 1 is 1.24 bits per heavy atom. The average Bonchev–Trinajstić information content (AvgIpc) is 2.39. The fraction of sp³-hybridized carbons (Fsp3) is 0.571. The highest BCUT2D eigenvalue weighted by atomic mass is 16.3. The number of aliphatic hydroxyl groups is 1. The molecule has 0 amide bonds. The van der Waals surface area contributed by atoms with Gasteiger partial charge >= 0.3 is 0 Å². The summed E-state index contributed by atoms with van der Waals surface area (Å²) in [7, 11) is 0. The zero-order chi connectivity index (χ0) is 12.7. The van der Waals surface area contributed by atoms with Crippen LogP contribution < -0.4 is 10.6 Å². The maximum atomic E-state index is 8.86. The number of anilines is 1. The van der Waals surface area contributed by atoms with Gasteiger partial charge in [0.25, 0.3) is 0 Å². The van der Waals surface area contributed by atoms with E-state index in [9.17, 15) is 0 Å². The fourth-order valence-electron chi connectivity index (χ4n) is 1.90. The Morgan fingerprint density at radius 3 is 2.35 bits per heavy atom. The van der Waals surface area contributed by atoms with Gasteiger partial charge in [-0.1, -0.05) is 19.1 Å². The van der Waals surface area contributed by atoms with Gasteiger partial charge in [-0.3, -0.25) is 0 Å². The molecule has 0 saturated heterocycles. The first-order chi connectivity index (χ1) is 8.22. The normalized spacial score (nSPS) is 12.5. The molecule has 0 aliphatic rings. The number of rotatable bonds is 7. The molecule has 3 heteroatoms. The molecule has 3 N–H and O–H groups in total. The van der Waals surface area contributed by atoms with E-state index < -0.39 is 0 Å². The van der Waals surface area contributed by atoms with Crippen LogP contribution in [-0.2, 0) is 0 Å². The van der Waals surface area contributed by atoms with Crippen LogP contribution in [0.4, 0.5) is 5.69 Å². The third-order valence-corrected chi connectivity index (χ3v) is 3.09. The van der Waals surface area contributed by atoms with E-state index in [-0.39, 0.29) is 12.6 Å². The second-order valence-electron chi connectivity index (χ2n) is 4.26. The van der Waals surface area contributed by atoms with Gasteiger partial charge in [-0.05, 0) is 37.5 Å². The van der Waals surface area contributed by atoms with Crippen molar-refractivity contribution in [2.75, 3.05) is 24.6 Å². The highest BCUT2D eigenvalue weighted by Crippen LogP contribution is 2.19. The van der Waals surface area contributed by atoms with Crippen LogP contribution >= 0.6 is 0 Å². The summed E-state index contributed by atoms with van der Waals surface area (Å²) in [6, 6.07) is 8.57. The van der Waals surface area contributed by atoms with Crippen LogP contribution in [0.25, 0.3) is 0 Å². The molecular formula is C14H24N2O. The van der Waals surface area contributed by atoms with Crippen molar-refractivity contribution in [1.82, 2.24) is 0 Å². The maximum Gasteiger partial charge on any atom is 0.0447 e. The van der Waals surface area contributed by atoms with E-state index in [1.54, 1.807) is 0 Å². The largest absolute Gasteiger partial charge is 0.396 e. The molecule has 3 nitrogen and oxygen atoms in total. The number of nitrogens with zero attached hydrogens (tertiary/aromatic N) is 1. The molecule has 96 valence electrons. The van der Waals surface area contributed by atoms with Crippen molar-refractivity contribution in [1.29, 1.82) is 0 Å². The molecule has 17 heavy (non-hydrogen) atoms. The van der Waals surface area contributed by atoms with E-state index in [4.69, 9.17) is 10.8 Å². The lowest BCUT2D eigenvalue weighted by molar-refractivity contribution is 0.289. The quantitative estimate of drug-likeness (QED) is 0.763. The monoisotopic (exact) mass is 236 g/mol. The molecule has 0 aliphatic heterocycles. The Hall–Kier alpha value is -1.06. The van der Waals surface area contributed by atoms with E-state index in [2.05, 4.69) is 43.0 Å². The molecular weight excluding hydrogens is 212 g/mol. The molecule has 0 fully saturated rings. The fourth-order valence-corrected chi connectivity index (χ4v) is 1.90. The van der Waals surface area contributed by atoms with Crippen molar-refractivity contribution >= 4 is 5.69 Å². The molecule has 0 bridgehead atoms. The summed E-state index contributed by atoms with van der Waals surface area (Å²) in [5.41, 5.74) is 8.38. The van der Waals surface area contributed by atoms with Crippen LogP contribution in [0.3, 0.4) is 0 Å². The van der Waals surface area contributed by atoms with Crippen molar-refractivity contribution in [3.63, 3.8) is 0 Å². The van der Waals surface area contributed by atoms with Crippen LogP contribution in [0.15, 0.2) is 24.3 Å². The smallest absolute Gasteiger partial charge is 0.0447 e. The lowest BCUT2D eigenvalue weighted by atomic mass is 10.1. The Kier molecular flexibility index (Phi) is 6.01. The van der Waals surface area contributed by atoms with Gasteiger partial charge in [-0.2, -0.15) is 0 Å². The summed E-state index contributed by atoms with van der Waals surface area (Å²) in [6.07, 6.45) is 1.77. The first-order valence-electron chi connectivity index (χ1n) is 6.44. The first kappa shape index (κ1) is 14.0. The zero-order valence-corrected chi connectivity index (χ0v) is 10.9. The molecule has 0 heterocycles. The molecule has 1 unspecified atom stereocenters. The molecule has 0 aromatic heterocycles. The van der Waals surface area contributed by atoms with E-state index in [0.717, 1.165) is 25.9 Å². The summed E-state index contributed by atoms with van der Waals surface area (Å²) < 4.78 is 0. The van der Waals surface area contributed by atoms with Gasteiger partial charge in [0.15, 0.2) is 0 Å². The second kappa shape index (κ2) is 7.30. The standard InChI is InChI=1S/C14H24N2O/c1-3-14(15)12-6-8-13(9-7-12)16(4-2)10-5-11-17/h6-9,14,17H,3-5,10-11,15H2,1-2H3. The van der Waals surface area contributed by atoms with Crippen molar-refractivity contribution in [3.05, 3.63) is 29.8 Å². The van der Waals surface area contributed by atoms with E-state index >= 15 is 0 Å². The summed E-state index contributed by atoms with van der Waals surface area (Å²) in [5, 5.41) is 8.86. The van der Waals surface area contributed by atoms with Crippen molar-refractivity contribution < 1.29 is 5.11 Å². The predicted octanol–water partition coefficient (Wildman–Crippen LogP) is 2.31. The van der Waals surface area contributed by atoms with E-state index in [0.29, 0.717) is 0 Å². The molecule has 1 aromatic carbocycles. The van der Waals surface area contributed by atoms with Crippen LogP contribution in [0, 0.1) is 0 Å². The minimum atomic E-state index is 0.136. The topological polar surface area (TPSA) is 49.5 Å². The molecule has 0 aliphatic carbocycles. The van der Waals surface area contributed by atoms with Crippen molar-refractivity contribution in [2.45, 2.75) is 32.7 Å². The van der Waals surface area contributed by atoms with Crippen molar-refractivity contribution in [3.8, 4) is 0 Å². The third kappa shape index (κ3) is 4.02. The minimum Gasteiger partial charge on any atom is -0.396 e. The molecule has 0 spiro atoms. The molecule has 1 atom stereocenters. The van der Waals surface area contributed by atoms with Crippen molar-refractivity contribution in [2.24, 2.45) is 5.73 Å². The summed E-state index contributed by atoms with van der Waals surface area (Å²) >= 11 is 0. The lowest BCUT2D eigenvalue weighted by Gasteiger charge is -2.23. The second-order valence-corrected chi connectivity index (χ2v) is 4.26. The van der Waals surface area contributed by atoms with Crippen LogP contribution in [0.1, 0.15) is 38.3 Å². The van der Waals surface area contributed by atoms with Gasteiger partial charge in [0, 0.05) is 31.4 Å². The summed E-state index contributed by atoms with van der Waals surface area (Å²) in [5.74, 6) is 0. The van der Waals surface area contributed by atoms with Crippen LogP contribution in [-0.4, -0.2) is 24.8 Å². The zero-order valence-electron chi connectivity index (χ0n) is 10.9. The Bertz CT molecular complexity index is 311. The molecule has 0 saturated carbocycles. The first-order valence-corrected chi connectivity index (χ1v) is 6.44.